The maximum atomic E-state index is 6.03. The van der Waals surface area contributed by atoms with Crippen LogP contribution < -0.4 is 5.73 Å². The molecule has 0 aliphatic heterocycles. The summed E-state index contributed by atoms with van der Waals surface area (Å²) in [6.07, 6.45) is 9.44. The van der Waals surface area contributed by atoms with Gasteiger partial charge in [0.05, 0.1) is 15.0 Å². The highest BCUT2D eigenvalue weighted by Crippen LogP contribution is 2.42. The molecule has 2 fully saturated rings. The number of hydrogen-bond acceptors (Lipinski definition) is 4. The van der Waals surface area contributed by atoms with E-state index < -0.39 is 0 Å². The molecule has 1 aromatic heterocycles. The highest BCUT2D eigenvalue weighted by atomic mass is 127. The van der Waals surface area contributed by atoms with Gasteiger partial charge in [-0.25, -0.2) is 9.97 Å². The number of aromatic nitrogens is 2. The van der Waals surface area contributed by atoms with Gasteiger partial charge in [0, 0.05) is 11.2 Å². The molecule has 3 nitrogen and oxygen atoms in total. The first-order chi connectivity index (χ1) is 9.24. The molecular weight excluding hydrogens is 369 g/mol. The van der Waals surface area contributed by atoms with Gasteiger partial charge in [-0.05, 0) is 48.3 Å². The zero-order valence-corrected chi connectivity index (χ0v) is 14.0. The van der Waals surface area contributed by atoms with E-state index in [0.29, 0.717) is 11.7 Å². The molecular formula is C14H20IN3S. The van der Waals surface area contributed by atoms with Crippen LogP contribution in [0.2, 0.25) is 0 Å². The average Bonchev–Trinajstić information content (AvgIpc) is 3.25. The molecule has 104 valence electrons. The summed E-state index contributed by atoms with van der Waals surface area (Å²) in [5, 5.41) is 0.808. The van der Waals surface area contributed by atoms with E-state index >= 15 is 0 Å². The summed E-state index contributed by atoms with van der Waals surface area (Å²) in [5.74, 6) is 3.19. The third-order valence-corrected chi connectivity index (χ3v) is 6.39. The second kappa shape index (κ2) is 6.16. The van der Waals surface area contributed by atoms with Gasteiger partial charge in [-0.15, -0.1) is 0 Å². The monoisotopic (exact) mass is 389 g/mol. The summed E-state index contributed by atoms with van der Waals surface area (Å²) >= 11 is 4.31. The smallest absolute Gasteiger partial charge is 0.140 e. The standard InChI is InChI=1S/C14H20IN3S/c15-12-13(9-6-7-9)17-11(18-14(12)16)8-19-10-4-2-1-3-5-10/h9-10H,1-8H2,(H2,16,17,18). The van der Waals surface area contributed by atoms with Crippen molar-refractivity contribution in [2.45, 2.75) is 61.9 Å². The maximum Gasteiger partial charge on any atom is 0.140 e. The molecule has 1 aromatic rings. The van der Waals surface area contributed by atoms with Gasteiger partial charge in [-0.3, -0.25) is 0 Å². The largest absolute Gasteiger partial charge is 0.383 e. The van der Waals surface area contributed by atoms with Crippen molar-refractivity contribution in [2.75, 3.05) is 5.73 Å². The van der Waals surface area contributed by atoms with E-state index in [4.69, 9.17) is 10.7 Å². The molecule has 2 aliphatic carbocycles. The van der Waals surface area contributed by atoms with Crippen LogP contribution in [0.4, 0.5) is 5.82 Å². The number of thioether (sulfide) groups is 1. The number of nitrogens with zero attached hydrogens (tertiary/aromatic N) is 2. The van der Waals surface area contributed by atoms with Crippen molar-refractivity contribution in [3.63, 3.8) is 0 Å². The van der Waals surface area contributed by atoms with Crippen LogP contribution in [0, 0.1) is 3.57 Å². The van der Waals surface area contributed by atoms with E-state index in [1.165, 1.54) is 50.6 Å². The van der Waals surface area contributed by atoms with Crippen LogP contribution in [-0.2, 0) is 5.75 Å². The molecule has 0 atom stereocenters. The lowest BCUT2D eigenvalue weighted by Gasteiger charge is -2.20. The molecule has 0 saturated heterocycles. The number of halogens is 1. The Balaban J connectivity index is 1.66. The normalized spacial score (nSPS) is 20.7. The van der Waals surface area contributed by atoms with Crippen molar-refractivity contribution in [2.24, 2.45) is 0 Å². The fourth-order valence-electron chi connectivity index (χ4n) is 2.65. The molecule has 0 spiro atoms. The molecule has 2 aliphatic rings. The number of anilines is 1. The Hall–Kier alpha value is -0.0400. The SMILES string of the molecule is Nc1nc(CSC2CCCCC2)nc(C2CC2)c1I. The van der Waals surface area contributed by atoms with Gasteiger partial charge in [-0.2, -0.15) is 11.8 Å². The van der Waals surface area contributed by atoms with E-state index in [9.17, 15) is 0 Å². The first kappa shape index (κ1) is 13.9. The van der Waals surface area contributed by atoms with Gasteiger partial charge in [0.2, 0.25) is 0 Å². The van der Waals surface area contributed by atoms with Gasteiger partial charge in [0.15, 0.2) is 0 Å². The Bertz CT molecular complexity index is 456. The van der Waals surface area contributed by atoms with Crippen LogP contribution in [0.15, 0.2) is 0 Å². The molecule has 5 heteroatoms. The molecule has 0 aromatic carbocycles. The highest BCUT2D eigenvalue weighted by molar-refractivity contribution is 14.1. The zero-order valence-electron chi connectivity index (χ0n) is 11.1. The van der Waals surface area contributed by atoms with Gasteiger partial charge in [0.1, 0.15) is 11.6 Å². The van der Waals surface area contributed by atoms with Crippen molar-refractivity contribution in [1.29, 1.82) is 0 Å². The van der Waals surface area contributed by atoms with Crippen LogP contribution in [0.25, 0.3) is 0 Å². The van der Waals surface area contributed by atoms with Gasteiger partial charge >= 0.3 is 0 Å². The van der Waals surface area contributed by atoms with Crippen LogP contribution in [0.3, 0.4) is 0 Å². The average molecular weight is 389 g/mol. The van der Waals surface area contributed by atoms with Gasteiger partial charge in [0.25, 0.3) is 0 Å². The predicted octanol–water partition coefficient (Wildman–Crippen LogP) is 4.11. The molecule has 3 rings (SSSR count). The van der Waals surface area contributed by atoms with E-state index in [0.717, 1.165) is 20.4 Å². The summed E-state index contributed by atoms with van der Waals surface area (Å²) in [4.78, 5) is 9.23. The first-order valence-corrected chi connectivity index (χ1v) is 9.30. The Kier molecular flexibility index (Phi) is 4.51. The van der Waals surface area contributed by atoms with Gasteiger partial charge < -0.3 is 5.73 Å². The molecule has 2 saturated carbocycles. The van der Waals surface area contributed by atoms with E-state index in [-0.39, 0.29) is 0 Å². The molecule has 0 amide bonds. The Morgan fingerprint density at radius 3 is 2.53 bits per heavy atom. The summed E-state index contributed by atoms with van der Waals surface area (Å²) in [7, 11) is 0. The predicted molar refractivity (Wildman–Crippen MR) is 89.3 cm³/mol. The number of hydrogen-bond donors (Lipinski definition) is 1. The third kappa shape index (κ3) is 3.54. The second-order valence-corrected chi connectivity index (χ2v) is 7.94. The first-order valence-electron chi connectivity index (χ1n) is 7.17. The molecule has 0 bridgehead atoms. The summed E-state index contributed by atoms with van der Waals surface area (Å²) < 4.78 is 1.08. The second-order valence-electron chi connectivity index (χ2n) is 5.57. The molecule has 2 N–H and O–H groups in total. The highest BCUT2D eigenvalue weighted by Gasteiger charge is 2.29. The van der Waals surface area contributed by atoms with Crippen LogP contribution in [-0.4, -0.2) is 15.2 Å². The van der Waals surface area contributed by atoms with Crippen molar-refractivity contribution in [1.82, 2.24) is 9.97 Å². The lowest BCUT2D eigenvalue weighted by atomic mass is 10.0. The lowest BCUT2D eigenvalue weighted by Crippen LogP contribution is -2.10. The minimum atomic E-state index is 0.649. The Labute approximate surface area is 132 Å². The number of nitrogen functional groups attached to an aromatic ring is 1. The lowest BCUT2D eigenvalue weighted by molar-refractivity contribution is 0.516. The minimum Gasteiger partial charge on any atom is -0.383 e. The maximum absolute atomic E-state index is 6.03. The molecule has 19 heavy (non-hydrogen) atoms. The summed E-state index contributed by atoms with van der Waals surface area (Å²) in [5.41, 5.74) is 7.23. The topological polar surface area (TPSA) is 51.8 Å². The quantitative estimate of drug-likeness (QED) is 0.788. The molecule has 0 radical (unpaired) electrons. The summed E-state index contributed by atoms with van der Waals surface area (Å²) in [6.45, 7) is 0. The zero-order chi connectivity index (χ0) is 13.2. The van der Waals surface area contributed by atoms with Crippen molar-refractivity contribution in [3.05, 3.63) is 15.1 Å². The van der Waals surface area contributed by atoms with Crippen LogP contribution in [0.1, 0.15) is 62.4 Å². The fourth-order valence-corrected chi connectivity index (χ4v) is 4.51. The van der Waals surface area contributed by atoms with Gasteiger partial charge in [-0.1, -0.05) is 19.3 Å². The summed E-state index contributed by atoms with van der Waals surface area (Å²) in [6, 6.07) is 0. The minimum absolute atomic E-state index is 0.649. The number of nitrogens with two attached hydrogens (primary N) is 1. The van der Waals surface area contributed by atoms with E-state index in [1.807, 2.05) is 11.8 Å². The molecule has 0 unspecified atom stereocenters. The van der Waals surface area contributed by atoms with E-state index in [2.05, 4.69) is 27.6 Å². The van der Waals surface area contributed by atoms with E-state index in [1.54, 1.807) is 0 Å². The Morgan fingerprint density at radius 1 is 1.11 bits per heavy atom. The fraction of sp³-hybridized carbons (Fsp3) is 0.714. The van der Waals surface area contributed by atoms with Crippen molar-refractivity contribution < 1.29 is 0 Å². The van der Waals surface area contributed by atoms with Crippen LogP contribution in [0.5, 0.6) is 0 Å². The Morgan fingerprint density at radius 2 is 1.84 bits per heavy atom. The number of rotatable bonds is 4. The van der Waals surface area contributed by atoms with Crippen molar-refractivity contribution in [3.8, 4) is 0 Å². The molecule has 1 heterocycles. The third-order valence-electron chi connectivity index (χ3n) is 3.91. The van der Waals surface area contributed by atoms with Crippen LogP contribution >= 0.6 is 34.4 Å². The van der Waals surface area contributed by atoms with Crippen molar-refractivity contribution >= 4 is 40.2 Å².